The quantitative estimate of drug-likeness (QED) is 0.545. The van der Waals surface area contributed by atoms with Crippen LogP contribution in [0.25, 0.3) is 5.69 Å². The molecule has 0 spiro atoms. The van der Waals surface area contributed by atoms with Crippen molar-refractivity contribution in [3.05, 3.63) is 78.4 Å². The zero-order chi connectivity index (χ0) is 22.4. The average molecular weight is 448 g/mol. The number of hydrogen-bond acceptors (Lipinski definition) is 4. The highest BCUT2D eigenvalue weighted by atomic mass is 32.2. The van der Waals surface area contributed by atoms with Gasteiger partial charge in [0.1, 0.15) is 0 Å². The Morgan fingerprint density at radius 2 is 1.87 bits per heavy atom. The van der Waals surface area contributed by atoms with Crippen LogP contribution >= 0.6 is 0 Å². The minimum atomic E-state index is -3.72. The van der Waals surface area contributed by atoms with Gasteiger partial charge in [-0.3, -0.25) is 9.10 Å². The molecular formula is C21H22F2N4O3S. The van der Waals surface area contributed by atoms with Gasteiger partial charge in [-0.15, -0.1) is 0 Å². The fraction of sp³-hybridized carbons (Fsp3) is 0.238. The molecule has 0 saturated heterocycles. The van der Waals surface area contributed by atoms with E-state index < -0.39 is 21.7 Å². The molecule has 0 unspecified atom stereocenters. The Balaban J connectivity index is 1.50. The minimum absolute atomic E-state index is 0.0137. The molecule has 1 heterocycles. The van der Waals surface area contributed by atoms with Gasteiger partial charge in [0.25, 0.3) is 0 Å². The Kier molecular flexibility index (Phi) is 7.01. The number of benzene rings is 2. The van der Waals surface area contributed by atoms with Gasteiger partial charge in [0.05, 0.1) is 18.3 Å². The van der Waals surface area contributed by atoms with Crippen LogP contribution in [0.15, 0.2) is 61.2 Å². The summed E-state index contributed by atoms with van der Waals surface area (Å²) in [6.07, 6.45) is 6.49. The highest BCUT2D eigenvalue weighted by Crippen LogP contribution is 2.21. The molecule has 3 aromatic rings. The second-order valence-corrected chi connectivity index (χ2v) is 8.86. The summed E-state index contributed by atoms with van der Waals surface area (Å²) in [6.45, 7) is 0.304. The van der Waals surface area contributed by atoms with Crippen molar-refractivity contribution in [2.75, 3.05) is 17.1 Å². The van der Waals surface area contributed by atoms with E-state index in [2.05, 4.69) is 10.3 Å². The van der Waals surface area contributed by atoms with Gasteiger partial charge in [0, 0.05) is 43.7 Å². The van der Waals surface area contributed by atoms with Crippen LogP contribution in [0, 0.1) is 11.6 Å². The highest BCUT2D eigenvalue weighted by molar-refractivity contribution is 7.92. The van der Waals surface area contributed by atoms with E-state index in [-0.39, 0.29) is 31.0 Å². The number of rotatable bonds is 9. The van der Waals surface area contributed by atoms with Crippen molar-refractivity contribution >= 4 is 21.6 Å². The molecule has 0 atom stereocenters. The standard InChI is InChI=1S/C21H22F2N4O3S/c1-31(29,30)27(18-8-9-19(22)20(23)13-18)11-2-3-21(28)25-14-16-4-6-17(7-5-16)26-12-10-24-15-26/h4-10,12-13,15H,2-3,11,14H2,1H3,(H,25,28). The molecule has 1 amide bonds. The Morgan fingerprint density at radius 1 is 1.13 bits per heavy atom. The first kappa shape index (κ1) is 22.4. The molecule has 0 aliphatic carbocycles. The lowest BCUT2D eigenvalue weighted by molar-refractivity contribution is -0.121. The van der Waals surface area contributed by atoms with Gasteiger partial charge in [-0.2, -0.15) is 0 Å². The molecule has 0 radical (unpaired) electrons. The van der Waals surface area contributed by atoms with Crippen molar-refractivity contribution < 1.29 is 22.0 Å². The van der Waals surface area contributed by atoms with Crippen molar-refractivity contribution in [2.24, 2.45) is 0 Å². The molecule has 3 rings (SSSR count). The maximum absolute atomic E-state index is 13.5. The van der Waals surface area contributed by atoms with Gasteiger partial charge in [-0.1, -0.05) is 12.1 Å². The maximum Gasteiger partial charge on any atom is 0.232 e. The van der Waals surface area contributed by atoms with E-state index in [0.29, 0.717) is 6.54 Å². The number of halogens is 2. The van der Waals surface area contributed by atoms with Crippen LogP contribution in [0.4, 0.5) is 14.5 Å². The molecule has 0 aliphatic heterocycles. The number of nitrogens with zero attached hydrogens (tertiary/aromatic N) is 3. The molecular weight excluding hydrogens is 426 g/mol. The van der Waals surface area contributed by atoms with Crippen molar-refractivity contribution in [3.8, 4) is 5.69 Å². The summed E-state index contributed by atoms with van der Waals surface area (Å²) in [4.78, 5) is 16.1. The summed E-state index contributed by atoms with van der Waals surface area (Å²) in [7, 11) is -3.72. The van der Waals surface area contributed by atoms with E-state index >= 15 is 0 Å². The first-order valence-corrected chi connectivity index (χ1v) is 11.4. The van der Waals surface area contributed by atoms with Crippen molar-refractivity contribution in [3.63, 3.8) is 0 Å². The fourth-order valence-electron chi connectivity index (χ4n) is 3.00. The Morgan fingerprint density at radius 3 is 2.48 bits per heavy atom. The highest BCUT2D eigenvalue weighted by Gasteiger charge is 2.19. The van der Waals surface area contributed by atoms with Crippen molar-refractivity contribution in [2.45, 2.75) is 19.4 Å². The fourth-order valence-corrected chi connectivity index (χ4v) is 3.95. The van der Waals surface area contributed by atoms with Crippen LogP contribution in [-0.4, -0.2) is 36.7 Å². The predicted octanol–water partition coefficient (Wildman–Crippen LogP) is 3.01. The van der Waals surface area contributed by atoms with Gasteiger partial charge in [-0.25, -0.2) is 22.2 Å². The van der Waals surface area contributed by atoms with E-state index in [1.54, 1.807) is 12.5 Å². The smallest absolute Gasteiger partial charge is 0.232 e. The number of amides is 1. The number of carbonyl (C=O) groups excluding carboxylic acids is 1. The van der Waals surface area contributed by atoms with Crippen LogP contribution in [0.2, 0.25) is 0 Å². The normalized spacial score (nSPS) is 11.3. The third kappa shape index (κ3) is 6.11. The van der Waals surface area contributed by atoms with E-state index in [1.165, 1.54) is 6.07 Å². The molecule has 31 heavy (non-hydrogen) atoms. The number of carbonyl (C=O) groups is 1. The topological polar surface area (TPSA) is 84.3 Å². The summed E-state index contributed by atoms with van der Waals surface area (Å²) < 4.78 is 53.5. The average Bonchev–Trinajstić information content (AvgIpc) is 3.26. The molecule has 1 aromatic heterocycles. The SMILES string of the molecule is CS(=O)(=O)N(CCCC(=O)NCc1ccc(-n2ccnc2)cc1)c1ccc(F)c(F)c1. The second-order valence-electron chi connectivity index (χ2n) is 6.95. The summed E-state index contributed by atoms with van der Waals surface area (Å²) >= 11 is 0. The molecule has 0 bridgehead atoms. The van der Waals surface area contributed by atoms with Crippen LogP contribution < -0.4 is 9.62 Å². The predicted molar refractivity (Wildman–Crippen MR) is 113 cm³/mol. The zero-order valence-electron chi connectivity index (χ0n) is 16.8. The third-order valence-corrected chi connectivity index (χ3v) is 5.78. The molecule has 0 aliphatic rings. The first-order chi connectivity index (χ1) is 14.7. The number of hydrogen-bond donors (Lipinski definition) is 1. The molecule has 2 aromatic carbocycles. The molecule has 1 N–H and O–H groups in total. The Labute approximate surface area is 179 Å². The number of imidazole rings is 1. The van der Waals surface area contributed by atoms with Crippen LogP contribution in [0.1, 0.15) is 18.4 Å². The monoisotopic (exact) mass is 448 g/mol. The third-order valence-electron chi connectivity index (χ3n) is 4.59. The summed E-state index contributed by atoms with van der Waals surface area (Å²) in [5.41, 5.74) is 1.88. The largest absolute Gasteiger partial charge is 0.352 e. The Bertz CT molecular complexity index is 1130. The molecule has 10 heteroatoms. The molecule has 7 nitrogen and oxygen atoms in total. The van der Waals surface area contributed by atoms with E-state index in [1.807, 2.05) is 35.0 Å². The van der Waals surface area contributed by atoms with E-state index in [4.69, 9.17) is 0 Å². The van der Waals surface area contributed by atoms with Gasteiger partial charge < -0.3 is 9.88 Å². The van der Waals surface area contributed by atoms with Crippen LogP contribution in [0.5, 0.6) is 0 Å². The number of sulfonamides is 1. The summed E-state index contributed by atoms with van der Waals surface area (Å²) in [6, 6.07) is 10.5. The Hall–Kier alpha value is -3.27. The van der Waals surface area contributed by atoms with Crippen LogP contribution in [-0.2, 0) is 21.4 Å². The number of aromatic nitrogens is 2. The van der Waals surface area contributed by atoms with E-state index in [0.717, 1.165) is 33.9 Å². The zero-order valence-corrected chi connectivity index (χ0v) is 17.6. The number of nitrogens with one attached hydrogen (secondary N) is 1. The summed E-state index contributed by atoms with van der Waals surface area (Å²) in [5.74, 6) is -2.44. The second kappa shape index (κ2) is 9.69. The van der Waals surface area contributed by atoms with E-state index in [9.17, 15) is 22.0 Å². The summed E-state index contributed by atoms with van der Waals surface area (Å²) in [5, 5.41) is 2.79. The lowest BCUT2D eigenvalue weighted by Crippen LogP contribution is -2.32. The van der Waals surface area contributed by atoms with Crippen LogP contribution in [0.3, 0.4) is 0 Å². The van der Waals surface area contributed by atoms with Crippen molar-refractivity contribution in [1.82, 2.24) is 14.9 Å². The maximum atomic E-state index is 13.5. The molecule has 164 valence electrons. The van der Waals surface area contributed by atoms with Crippen molar-refractivity contribution in [1.29, 1.82) is 0 Å². The first-order valence-electron chi connectivity index (χ1n) is 9.51. The number of anilines is 1. The van der Waals surface area contributed by atoms with Gasteiger partial charge in [0.15, 0.2) is 11.6 Å². The lowest BCUT2D eigenvalue weighted by Gasteiger charge is -2.22. The van der Waals surface area contributed by atoms with Gasteiger partial charge in [0.2, 0.25) is 15.9 Å². The molecule has 0 fully saturated rings. The van der Waals surface area contributed by atoms with Gasteiger partial charge in [-0.05, 0) is 36.2 Å². The van der Waals surface area contributed by atoms with Gasteiger partial charge >= 0.3 is 0 Å². The lowest BCUT2D eigenvalue weighted by atomic mass is 10.2. The molecule has 0 saturated carbocycles. The minimum Gasteiger partial charge on any atom is -0.352 e.